The van der Waals surface area contributed by atoms with Crippen molar-refractivity contribution in [2.45, 2.75) is 50.1 Å². The number of fused-ring (bicyclic) bond motifs is 2. The summed E-state index contributed by atoms with van der Waals surface area (Å²) in [6.07, 6.45) is 5.31. The van der Waals surface area contributed by atoms with Crippen LogP contribution < -0.4 is 17.0 Å². The van der Waals surface area contributed by atoms with Crippen LogP contribution in [0.2, 0.25) is 0 Å². The minimum absolute atomic E-state index is 0. The number of benzene rings is 2. The van der Waals surface area contributed by atoms with Gasteiger partial charge in [0.15, 0.2) is 23.3 Å². The fraction of sp³-hybridized carbons (Fsp3) is 0.478. The van der Waals surface area contributed by atoms with Crippen LogP contribution in [-0.2, 0) is 0 Å². The normalized spacial score (nSPS) is 25.1. The van der Waals surface area contributed by atoms with E-state index < -0.39 is 23.3 Å². The summed E-state index contributed by atoms with van der Waals surface area (Å²) in [7, 11) is 4.58. The molecule has 29 heavy (non-hydrogen) atoms. The van der Waals surface area contributed by atoms with Crippen molar-refractivity contribution in [3.05, 3.63) is 70.8 Å². The highest BCUT2D eigenvalue weighted by Gasteiger charge is 2.49. The fourth-order valence-electron chi connectivity index (χ4n) is 5.44. The van der Waals surface area contributed by atoms with Gasteiger partial charge in [0, 0.05) is 31.6 Å². The van der Waals surface area contributed by atoms with Crippen molar-refractivity contribution in [2.75, 3.05) is 14.1 Å². The van der Waals surface area contributed by atoms with Gasteiger partial charge in [0.2, 0.25) is 0 Å². The maximum absolute atomic E-state index is 13.9. The van der Waals surface area contributed by atoms with Gasteiger partial charge in [-0.25, -0.2) is 17.6 Å². The molecule has 6 heteroatoms. The largest absolute Gasteiger partial charge is 1.00 e. The van der Waals surface area contributed by atoms with Crippen LogP contribution in [0.25, 0.3) is 0 Å². The van der Waals surface area contributed by atoms with Gasteiger partial charge in [-0.1, -0.05) is 12.1 Å². The van der Waals surface area contributed by atoms with E-state index >= 15 is 0 Å². The number of piperidine rings is 1. The second-order valence-corrected chi connectivity index (χ2v) is 8.99. The lowest BCUT2D eigenvalue weighted by Crippen LogP contribution is -3.00. The maximum Gasteiger partial charge on any atom is 0.159 e. The lowest BCUT2D eigenvalue weighted by molar-refractivity contribution is -0.931. The third-order valence-electron chi connectivity index (χ3n) is 7.19. The molecule has 2 aliphatic heterocycles. The highest BCUT2D eigenvalue weighted by Crippen LogP contribution is 2.46. The van der Waals surface area contributed by atoms with Crippen LogP contribution in [0, 0.1) is 29.2 Å². The number of quaternary nitrogens is 1. The van der Waals surface area contributed by atoms with Gasteiger partial charge in [-0.05, 0) is 47.7 Å². The second-order valence-electron chi connectivity index (χ2n) is 8.99. The number of hydrogen-bond acceptors (Lipinski definition) is 0. The first kappa shape index (κ1) is 22.3. The van der Waals surface area contributed by atoms with E-state index in [1.807, 2.05) is 0 Å². The zero-order valence-electron chi connectivity index (χ0n) is 16.6. The number of hydrogen-bond donors (Lipinski definition) is 0. The highest BCUT2D eigenvalue weighted by atomic mass is 79.9. The van der Waals surface area contributed by atoms with Crippen LogP contribution in [0.3, 0.4) is 0 Å². The van der Waals surface area contributed by atoms with Gasteiger partial charge in [-0.2, -0.15) is 0 Å². The first-order valence-electron chi connectivity index (χ1n) is 9.99. The molecular weight excluding hydrogens is 446 g/mol. The Morgan fingerprint density at radius 3 is 1.66 bits per heavy atom. The van der Waals surface area contributed by atoms with Crippen molar-refractivity contribution in [3.63, 3.8) is 0 Å². The van der Waals surface area contributed by atoms with E-state index in [4.69, 9.17) is 0 Å². The first-order valence-corrected chi connectivity index (χ1v) is 9.99. The van der Waals surface area contributed by atoms with Gasteiger partial charge in [0.05, 0.1) is 26.2 Å². The van der Waals surface area contributed by atoms with Gasteiger partial charge in [-0.15, -0.1) is 0 Å². The molecule has 0 saturated carbocycles. The molecule has 158 valence electrons. The Morgan fingerprint density at radius 2 is 1.24 bits per heavy atom. The fourth-order valence-corrected chi connectivity index (χ4v) is 5.44. The second kappa shape index (κ2) is 8.38. The molecule has 2 fully saturated rings. The molecule has 0 amide bonds. The summed E-state index contributed by atoms with van der Waals surface area (Å²) in [5, 5.41) is 0. The van der Waals surface area contributed by atoms with Crippen molar-refractivity contribution in [1.29, 1.82) is 0 Å². The summed E-state index contributed by atoms with van der Waals surface area (Å²) in [6.45, 7) is 0. The van der Waals surface area contributed by atoms with Crippen LogP contribution >= 0.6 is 0 Å². The van der Waals surface area contributed by atoms with E-state index in [0.717, 1.165) is 35.9 Å². The molecule has 0 N–H and O–H groups in total. The van der Waals surface area contributed by atoms with Crippen molar-refractivity contribution in [2.24, 2.45) is 5.92 Å². The third-order valence-corrected chi connectivity index (χ3v) is 7.19. The molecule has 3 atom stereocenters. The summed E-state index contributed by atoms with van der Waals surface area (Å²) >= 11 is 0. The molecule has 2 saturated heterocycles. The molecule has 0 spiro atoms. The Bertz CT molecular complexity index is 818. The number of rotatable bonds is 4. The summed E-state index contributed by atoms with van der Waals surface area (Å²) in [5.41, 5.74) is 1.22. The molecule has 0 unspecified atom stereocenters. The first-order chi connectivity index (χ1) is 13.3. The van der Waals surface area contributed by atoms with Crippen molar-refractivity contribution < 1.29 is 39.0 Å². The quantitative estimate of drug-likeness (QED) is 0.475. The molecule has 4 rings (SSSR count). The van der Waals surface area contributed by atoms with Crippen LogP contribution in [0.4, 0.5) is 17.6 Å². The predicted molar refractivity (Wildman–Crippen MR) is 101 cm³/mol. The van der Waals surface area contributed by atoms with Crippen LogP contribution in [0.5, 0.6) is 0 Å². The lowest BCUT2D eigenvalue weighted by atomic mass is 9.78. The summed E-state index contributed by atoms with van der Waals surface area (Å²) in [5.74, 6) is -3.48. The number of nitrogens with zero attached hydrogens (tertiary/aromatic N) is 1. The van der Waals surface area contributed by atoms with Gasteiger partial charge in [0.1, 0.15) is 0 Å². The van der Waals surface area contributed by atoms with E-state index in [-0.39, 0.29) is 22.9 Å². The summed E-state index contributed by atoms with van der Waals surface area (Å²) < 4.78 is 55.8. The Hall–Kier alpha value is -1.40. The molecule has 0 radical (unpaired) electrons. The molecule has 2 aliphatic rings. The minimum Gasteiger partial charge on any atom is -1.00 e. The van der Waals surface area contributed by atoms with Gasteiger partial charge in [0.25, 0.3) is 0 Å². The lowest BCUT2D eigenvalue weighted by Gasteiger charge is -2.45. The van der Waals surface area contributed by atoms with Crippen molar-refractivity contribution in [3.8, 4) is 0 Å². The van der Waals surface area contributed by atoms with E-state index in [2.05, 4.69) is 14.1 Å². The van der Waals surface area contributed by atoms with E-state index in [1.165, 1.54) is 25.0 Å². The SMILES string of the molecule is C[N+]1(C)[C@@H]2CC[C@H]1C[C@@H](CC(c1ccc(F)c(F)c1)c1ccc(F)c(F)c1)C2.[Br-]. The molecule has 1 nitrogen and oxygen atoms in total. The smallest absolute Gasteiger partial charge is 0.159 e. The van der Waals surface area contributed by atoms with E-state index in [9.17, 15) is 17.6 Å². The predicted octanol–water partition coefficient (Wildman–Crippen LogP) is 2.79. The third kappa shape index (κ3) is 4.24. The zero-order valence-corrected chi connectivity index (χ0v) is 18.2. The Labute approximate surface area is 180 Å². The van der Waals surface area contributed by atoms with Crippen LogP contribution in [-0.4, -0.2) is 30.7 Å². The van der Waals surface area contributed by atoms with Gasteiger partial charge in [-0.3, -0.25) is 0 Å². The molecule has 2 heterocycles. The van der Waals surface area contributed by atoms with E-state index in [0.29, 0.717) is 29.1 Å². The molecular formula is C23H26BrF4N. The highest BCUT2D eigenvalue weighted by molar-refractivity contribution is 5.34. The van der Waals surface area contributed by atoms with Gasteiger partial charge < -0.3 is 21.5 Å². The topological polar surface area (TPSA) is 0 Å². The zero-order chi connectivity index (χ0) is 20.1. The Balaban J connectivity index is 0.00000240. The Kier molecular flexibility index (Phi) is 6.44. The van der Waals surface area contributed by atoms with Crippen molar-refractivity contribution in [1.82, 2.24) is 0 Å². The molecule has 2 bridgehead atoms. The maximum atomic E-state index is 13.9. The minimum atomic E-state index is -0.911. The molecule has 2 aromatic carbocycles. The summed E-state index contributed by atoms with van der Waals surface area (Å²) in [6, 6.07) is 8.95. The van der Waals surface area contributed by atoms with E-state index in [1.54, 1.807) is 12.1 Å². The summed E-state index contributed by atoms with van der Waals surface area (Å²) in [4.78, 5) is 0. The number of halogens is 5. The van der Waals surface area contributed by atoms with Crippen molar-refractivity contribution >= 4 is 0 Å². The molecule has 2 aromatic rings. The molecule has 0 aliphatic carbocycles. The Morgan fingerprint density at radius 1 is 0.793 bits per heavy atom. The van der Waals surface area contributed by atoms with Gasteiger partial charge >= 0.3 is 0 Å². The van der Waals surface area contributed by atoms with Crippen LogP contribution in [0.15, 0.2) is 36.4 Å². The average molecular weight is 472 g/mol. The standard InChI is InChI=1S/C23H26F4N.BrH/c1-28(2)17-5-6-18(28)10-14(9-17)11-19(15-3-7-20(24)22(26)12-15)16-4-8-21(25)23(27)13-16;/h3-4,7-8,12-14,17-19H,5-6,9-11H2,1-2H3;1H/q+1;/p-1/t14-,17+,18-;. The molecule has 0 aromatic heterocycles. The average Bonchev–Trinajstić information content (AvgIpc) is 2.82. The van der Waals surface area contributed by atoms with Crippen LogP contribution in [0.1, 0.15) is 49.1 Å². The monoisotopic (exact) mass is 471 g/mol.